The molecule has 0 bridgehead atoms. The molecule has 10 atom stereocenters. The number of benzene rings is 1. The maximum atomic E-state index is 13.6. The van der Waals surface area contributed by atoms with Crippen molar-refractivity contribution in [3.05, 3.63) is 41.5 Å². The van der Waals surface area contributed by atoms with Gasteiger partial charge in [-0.3, -0.25) is 4.18 Å². The Morgan fingerprint density at radius 1 is 0.827 bits per heavy atom. The van der Waals surface area contributed by atoms with Gasteiger partial charge in [-0.1, -0.05) is 106 Å². The maximum absolute atomic E-state index is 13.6. The highest BCUT2D eigenvalue weighted by Crippen LogP contribution is 2.68. The number of hydrogen-bond acceptors (Lipinski definition) is 5. The highest BCUT2D eigenvalue weighted by molar-refractivity contribution is 7.86. The van der Waals surface area contributed by atoms with Gasteiger partial charge >= 0.3 is 0 Å². The maximum Gasteiger partial charge on any atom is 0.297 e. The minimum Gasteiger partial charge on any atom is -0.414 e. The van der Waals surface area contributed by atoms with E-state index in [4.69, 9.17) is 13.0 Å². The Hall–Kier alpha value is -0.776. The SMILES string of the molecule is Cc1ccc(S(=O)(=O)OC(C(C)C)[C@@H](C)[C@H]2CC[C@H]3[C@@H]4CC=C5C[C@@H](O[Si](C)(C)C(C)(C)C)C[C@H](O[Si](C)(C)C(C)(C)C)[C@]5(C)[C@H]4CC[C@]23C)cc1. The minimum atomic E-state index is -3.87. The van der Waals surface area contributed by atoms with Gasteiger partial charge in [-0.15, -0.1) is 0 Å². The first-order chi connectivity index (χ1) is 23.7. The molecule has 296 valence electrons. The Morgan fingerprint density at radius 2 is 1.40 bits per heavy atom. The van der Waals surface area contributed by atoms with Crippen molar-refractivity contribution in [3.63, 3.8) is 0 Å². The van der Waals surface area contributed by atoms with Crippen molar-refractivity contribution in [3.8, 4) is 0 Å². The zero-order valence-electron chi connectivity index (χ0n) is 36.0. The average Bonchev–Trinajstić information content (AvgIpc) is 3.36. The molecule has 4 aliphatic rings. The number of hydrogen-bond donors (Lipinski definition) is 0. The lowest BCUT2D eigenvalue weighted by atomic mass is 9.46. The summed E-state index contributed by atoms with van der Waals surface area (Å²) in [5.41, 5.74) is 2.80. The third kappa shape index (κ3) is 7.66. The van der Waals surface area contributed by atoms with E-state index in [0.717, 1.165) is 31.2 Å². The van der Waals surface area contributed by atoms with Crippen molar-refractivity contribution >= 4 is 26.8 Å². The molecule has 1 aromatic rings. The van der Waals surface area contributed by atoms with Crippen LogP contribution in [0.3, 0.4) is 0 Å². The molecule has 3 fully saturated rings. The molecule has 5 nitrogen and oxygen atoms in total. The van der Waals surface area contributed by atoms with Gasteiger partial charge in [-0.25, -0.2) is 0 Å². The lowest BCUT2D eigenvalue weighted by molar-refractivity contribution is -0.105. The minimum absolute atomic E-state index is 0.00244. The van der Waals surface area contributed by atoms with Crippen LogP contribution in [0, 0.1) is 53.3 Å². The molecule has 52 heavy (non-hydrogen) atoms. The standard InChI is InChI=1S/C44H76O5SSi2/c1-29(2)40(47-50(45,46)34-20-17-30(3)18-21-34)31(4)36-23-24-37-35-22-19-32-27-33(48-51(13,14)41(5,6)7)28-39(49-52(15,16)42(8,9)10)44(32,12)38(35)25-26-43(36,37)11/h17-21,29,31,33,35-40H,22-28H2,1-16H3/t31-,33+,35-,36+,37-,38-,39-,40?,43+,44-/m0/s1. The summed E-state index contributed by atoms with van der Waals surface area (Å²) in [6.45, 7) is 37.5. The topological polar surface area (TPSA) is 61.8 Å². The first-order valence-electron chi connectivity index (χ1n) is 20.7. The summed E-state index contributed by atoms with van der Waals surface area (Å²) < 4.78 is 48.2. The number of allylic oxidation sites excluding steroid dienone is 1. The third-order valence-corrected chi connectivity index (χ3v) is 26.4. The lowest BCUT2D eigenvalue weighted by Crippen LogP contribution is -2.60. The van der Waals surface area contributed by atoms with Crippen molar-refractivity contribution < 1.29 is 21.5 Å². The van der Waals surface area contributed by atoms with Crippen LogP contribution in [0.25, 0.3) is 0 Å². The lowest BCUT2D eigenvalue weighted by Gasteiger charge is -2.62. The van der Waals surface area contributed by atoms with Gasteiger partial charge in [0.05, 0.1) is 23.2 Å². The van der Waals surface area contributed by atoms with Gasteiger partial charge in [0.1, 0.15) is 0 Å². The second-order valence-corrected chi connectivity index (χ2v) is 32.7. The Morgan fingerprint density at radius 3 is 1.96 bits per heavy atom. The van der Waals surface area contributed by atoms with Crippen molar-refractivity contribution in [1.29, 1.82) is 0 Å². The van der Waals surface area contributed by atoms with Crippen LogP contribution in [0.1, 0.15) is 127 Å². The van der Waals surface area contributed by atoms with E-state index in [1.54, 1.807) is 17.7 Å². The molecule has 5 rings (SSSR count). The van der Waals surface area contributed by atoms with Crippen LogP contribution in [0.15, 0.2) is 40.8 Å². The van der Waals surface area contributed by atoms with Crippen LogP contribution >= 0.6 is 0 Å². The largest absolute Gasteiger partial charge is 0.414 e. The second-order valence-electron chi connectivity index (χ2n) is 21.6. The summed E-state index contributed by atoms with van der Waals surface area (Å²) in [5, 5.41) is 0.306. The number of rotatable bonds is 10. The molecule has 0 radical (unpaired) electrons. The molecule has 0 aliphatic heterocycles. The van der Waals surface area contributed by atoms with Crippen LogP contribution in [-0.4, -0.2) is 43.4 Å². The van der Waals surface area contributed by atoms with Gasteiger partial charge in [-0.05, 0) is 141 Å². The van der Waals surface area contributed by atoms with Crippen LogP contribution in [0.2, 0.25) is 36.3 Å². The molecule has 0 saturated heterocycles. The van der Waals surface area contributed by atoms with Crippen molar-refractivity contribution in [2.45, 2.75) is 188 Å². The molecule has 0 amide bonds. The zero-order chi connectivity index (χ0) is 39.0. The Labute approximate surface area is 322 Å². The predicted octanol–water partition coefficient (Wildman–Crippen LogP) is 12.3. The predicted molar refractivity (Wildman–Crippen MR) is 222 cm³/mol. The summed E-state index contributed by atoms with van der Waals surface area (Å²) in [6, 6.07) is 7.07. The van der Waals surface area contributed by atoms with Crippen molar-refractivity contribution in [2.24, 2.45) is 46.3 Å². The van der Waals surface area contributed by atoms with Crippen LogP contribution in [0.4, 0.5) is 0 Å². The van der Waals surface area contributed by atoms with E-state index in [1.807, 2.05) is 19.1 Å². The van der Waals surface area contributed by atoms with E-state index >= 15 is 0 Å². The van der Waals surface area contributed by atoms with Crippen molar-refractivity contribution in [1.82, 2.24) is 0 Å². The highest BCUT2D eigenvalue weighted by atomic mass is 32.2. The third-order valence-electron chi connectivity index (χ3n) is 16.1. The molecule has 0 N–H and O–H groups in total. The van der Waals surface area contributed by atoms with Gasteiger partial charge in [0.15, 0.2) is 16.6 Å². The van der Waals surface area contributed by atoms with E-state index in [0.29, 0.717) is 23.7 Å². The molecule has 8 heteroatoms. The van der Waals surface area contributed by atoms with E-state index in [2.05, 4.69) is 108 Å². The molecule has 1 aromatic carbocycles. The summed E-state index contributed by atoms with van der Waals surface area (Å²) in [4.78, 5) is 0.254. The molecule has 0 spiro atoms. The van der Waals surface area contributed by atoms with Crippen LogP contribution in [-0.2, 0) is 23.2 Å². The highest BCUT2D eigenvalue weighted by Gasteiger charge is 2.63. The Balaban J connectivity index is 1.44. The Kier molecular flexibility index (Phi) is 11.7. The summed E-state index contributed by atoms with van der Waals surface area (Å²) in [6.07, 6.45) is 10.6. The van der Waals surface area contributed by atoms with E-state index < -0.39 is 26.8 Å². The molecule has 0 heterocycles. The van der Waals surface area contributed by atoms with Gasteiger partial charge in [-0.2, -0.15) is 8.42 Å². The molecule has 1 unspecified atom stereocenters. The fourth-order valence-electron chi connectivity index (χ4n) is 10.9. The zero-order valence-corrected chi connectivity index (χ0v) is 38.8. The fraction of sp³-hybridized carbons (Fsp3) is 0.818. The summed E-state index contributed by atoms with van der Waals surface area (Å²) >= 11 is 0. The first kappa shape index (κ1) is 42.4. The average molecular weight is 773 g/mol. The monoisotopic (exact) mass is 772 g/mol. The van der Waals surface area contributed by atoms with E-state index in [1.165, 1.54) is 19.3 Å². The molecule has 3 saturated carbocycles. The van der Waals surface area contributed by atoms with Gasteiger partial charge in [0, 0.05) is 5.41 Å². The fourth-order valence-corrected chi connectivity index (χ4v) is 14.9. The van der Waals surface area contributed by atoms with E-state index in [-0.39, 0.29) is 55.9 Å². The van der Waals surface area contributed by atoms with Gasteiger partial charge in [0.25, 0.3) is 10.1 Å². The summed E-state index contributed by atoms with van der Waals surface area (Å²) in [5.74, 6) is 2.46. The smallest absolute Gasteiger partial charge is 0.297 e. The van der Waals surface area contributed by atoms with Gasteiger partial charge in [0.2, 0.25) is 0 Å². The molecular formula is C44H76O5SSi2. The van der Waals surface area contributed by atoms with E-state index in [9.17, 15) is 8.42 Å². The van der Waals surface area contributed by atoms with Gasteiger partial charge < -0.3 is 8.85 Å². The number of aryl methyl sites for hydroxylation is 1. The Bertz CT molecular complexity index is 1570. The van der Waals surface area contributed by atoms with Crippen molar-refractivity contribution in [2.75, 3.05) is 0 Å². The molecule has 0 aromatic heterocycles. The first-order valence-corrected chi connectivity index (χ1v) is 27.9. The second kappa shape index (κ2) is 14.3. The quantitative estimate of drug-likeness (QED) is 0.135. The normalized spacial score (nSPS) is 34.3. The molecular weight excluding hydrogens is 697 g/mol. The molecule has 4 aliphatic carbocycles. The number of fused-ring (bicyclic) bond motifs is 5. The van der Waals surface area contributed by atoms with Crippen LogP contribution < -0.4 is 0 Å². The van der Waals surface area contributed by atoms with Crippen LogP contribution in [0.5, 0.6) is 0 Å². The summed E-state index contributed by atoms with van der Waals surface area (Å²) in [7, 11) is -7.89.